The Morgan fingerprint density at radius 3 is 2.47 bits per heavy atom. The van der Waals surface area contributed by atoms with Crippen molar-refractivity contribution < 1.29 is 30.8 Å². The van der Waals surface area contributed by atoms with Crippen molar-refractivity contribution in [3.8, 4) is 10.4 Å². The zero-order chi connectivity index (χ0) is 28.0. The van der Waals surface area contributed by atoms with E-state index < -0.39 is 43.7 Å². The molecule has 38 heavy (non-hydrogen) atoms. The van der Waals surface area contributed by atoms with Gasteiger partial charge in [0.2, 0.25) is 10.0 Å². The molecule has 0 radical (unpaired) electrons. The molecule has 2 aromatic rings. The van der Waals surface area contributed by atoms with E-state index in [9.17, 15) is 30.8 Å². The minimum absolute atomic E-state index is 0.0927. The lowest BCUT2D eigenvalue weighted by Crippen LogP contribution is -2.62. The number of carbonyl (C=O) groups excluding carboxylic acids is 1. The summed E-state index contributed by atoms with van der Waals surface area (Å²) in [6.45, 7) is 0.935. The van der Waals surface area contributed by atoms with Crippen LogP contribution in [-0.4, -0.2) is 68.8 Å². The van der Waals surface area contributed by atoms with Gasteiger partial charge in [0.25, 0.3) is 5.91 Å². The molecule has 1 amide bonds. The van der Waals surface area contributed by atoms with Gasteiger partial charge in [0.15, 0.2) is 10.7 Å². The molecule has 1 aromatic heterocycles. The summed E-state index contributed by atoms with van der Waals surface area (Å²) < 4.78 is 80.1. The largest absolute Gasteiger partial charge is 0.404 e. The standard InChI is InChI=1S/C23H26Cl2F4N4O3S2/c1-12(23(27,28)29)32-38(35,36)16-7-6-14(17(24)18(16)25)19-15(8-13-4-3-5-13)31-21(37-19)20(34)30-9-22(26)10-33(2)11-22/h6-7,12-13,32H,3-5,8-11H2,1-2H3,(H,30,34)/t12-/m0/s1. The van der Waals surface area contributed by atoms with E-state index in [4.69, 9.17) is 23.2 Å². The third-order valence-corrected chi connectivity index (χ3v) is 10.4. The fourth-order valence-electron chi connectivity index (χ4n) is 4.39. The Hall–Kier alpha value is -1.51. The van der Waals surface area contributed by atoms with Gasteiger partial charge in [0.05, 0.1) is 27.2 Å². The van der Waals surface area contributed by atoms with Crippen LogP contribution in [0.1, 0.15) is 41.7 Å². The summed E-state index contributed by atoms with van der Waals surface area (Å²) in [5.74, 6) is -0.192. The first-order valence-electron chi connectivity index (χ1n) is 11.8. The molecule has 0 unspecified atom stereocenters. The SMILES string of the molecule is C[C@H](NS(=O)(=O)c1ccc(-c2sc(C(=O)NCC3(F)CN(C)C3)nc2CC2CCC2)c(Cl)c1Cl)C(F)(F)F. The lowest BCUT2D eigenvalue weighted by atomic mass is 9.82. The first-order valence-corrected chi connectivity index (χ1v) is 14.9. The monoisotopic (exact) mass is 616 g/mol. The second kappa shape index (κ2) is 10.8. The number of sulfonamides is 1. The highest BCUT2D eigenvalue weighted by Gasteiger charge is 2.42. The third kappa shape index (κ3) is 6.28. The van der Waals surface area contributed by atoms with Gasteiger partial charge in [-0.05, 0) is 32.4 Å². The van der Waals surface area contributed by atoms with E-state index in [1.54, 1.807) is 16.7 Å². The van der Waals surface area contributed by atoms with Gasteiger partial charge in [-0.1, -0.05) is 48.5 Å². The number of nitrogens with one attached hydrogen (secondary N) is 2. The van der Waals surface area contributed by atoms with E-state index in [1.165, 1.54) is 6.07 Å². The third-order valence-electron chi connectivity index (χ3n) is 6.67. The average Bonchev–Trinajstić information content (AvgIpc) is 3.18. The molecule has 2 N–H and O–H groups in total. The zero-order valence-corrected chi connectivity index (χ0v) is 23.6. The molecule has 1 aliphatic heterocycles. The summed E-state index contributed by atoms with van der Waals surface area (Å²) in [7, 11) is -2.88. The van der Waals surface area contributed by atoms with Gasteiger partial charge < -0.3 is 5.32 Å². The Bertz CT molecular complexity index is 1330. The predicted octanol–water partition coefficient (Wildman–Crippen LogP) is 5.07. The number of hydrogen-bond acceptors (Lipinski definition) is 6. The van der Waals surface area contributed by atoms with Crippen molar-refractivity contribution in [2.24, 2.45) is 5.92 Å². The molecule has 0 bridgehead atoms. The lowest BCUT2D eigenvalue weighted by molar-refractivity contribution is -0.147. The molecule has 210 valence electrons. The summed E-state index contributed by atoms with van der Waals surface area (Å²) in [4.78, 5) is 19.0. The van der Waals surface area contributed by atoms with Crippen LogP contribution in [0.25, 0.3) is 10.4 Å². The van der Waals surface area contributed by atoms with Crippen LogP contribution in [0.2, 0.25) is 10.0 Å². The summed E-state index contributed by atoms with van der Waals surface area (Å²) in [5.41, 5.74) is -0.636. The summed E-state index contributed by atoms with van der Waals surface area (Å²) >= 11 is 13.7. The molecule has 1 aliphatic carbocycles. The number of likely N-dealkylation sites (tertiary alicyclic amines) is 1. The molecule has 1 saturated carbocycles. The van der Waals surface area contributed by atoms with Gasteiger partial charge in [-0.2, -0.15) is 17.9 Å². The van der Waals surface area contributed by atoms with Crippen LogP contribution in [0.15, 0.2) is 17.0 Å². The maximum Gasteiger partial charge on any atom is 0.404 e. The number of hydrogen-bond donors (Lipinski definition) is 2. The summed E-state index contributed by atoms with van der Waals surface area (Å²) in [5, 5.41) is 2.04. The summed E-state index contributed by atoms with van der Waals surface area (Å²) in [6.07, 6.45) is -1.19. The van der Waals surface area contributed by atoms with E-state index in [-0.39, 0.29) is 29.7 Å². The Morgan fingerprint density at radius 1 is 1.26 bits per heavy atom. The number of carbonyl (C=O) groups is 1. The van der Waals surface area contributed by atoms with Crippen LogP contribution in [-0.2, 0) is 16.4 Å². The van der Waals surface area contributed by atoms with Gasteiger partial charge >= 0.3 is 6.18 Å². The first-order chi connectivity index (χ1) is 17.6. The van der Waals surface area contributed by atoms with Gasteiger partial charge in [0.1, 0.15) is 10.9 Å². The van der Waals surface area contributed by atoms with Crippen molar-refractivity contribution in [2.45, 2.75) is 55.4 Å². The van der Waals surface area contributed by atoms with Crippen molar-refractivity contribution in [1.82, 2.24) is 19.9 Å². The average molecular weight is 618 g/mol. The Kier molecular flexibility index (Phi) is 8.38. The second-order valence-corrected chi connectivity index (χ2v) is 13.4. The van der Waals surface area contributed by atoms with E-state index in [1.807, 2.05) is 0 Å². The maximum absolute atomic E-state index is 14.6. The molecule has 2 fully saturated rings. The van der Waals surface area contributed by atoms with Crippen molar-refractivity contribution in [3.05, 3.63) is 32.9 Å². The highest BCUT2D eigenvalue weighted by molar-refractivity contribution is 7.89. The molecular formula is C23H26Cl2F4N4O3S2. The topological polar surface area (TPSA) is 91.4 Å². The number of amides is 1. The van der Waals surface area contributed by atoms with E-state index >= 15 is 0 Å². The normalized spacial score (nSPS) is 19.1. The molecule has 7 nitrogen and oxygen atoms in total. The number of thiazole rings is 1. The van der Waals surface area contributed by atoms with Crippen LogP contribution in [0.5, 0.6) is 0 Å². The van der Waals surface area contributed by atoms with Crippen LogP contribution in [0.3, 0.4) is 0 Å². The van der Waals surface area contributed by atoms with E-state index in [0.717, 1.165) is 36.7 Å². The molecule has 1 saturated heterocycles. The van der Waals surface area contributed by atoms with Crippen molar-refractivity contribution in [1.29, 1.82) is 0 Å². The summed E-state index contributed by atoms with van der Waals surface area (Å²) in [6, 6.07) is 0.0606. The van der Waals surface area contributed by atoms with E-state index in [2.05, 4.69) is 10.3 Å². The Balaban J connectivity index is 1.63. The van der Waals surface area contributed by atoms with Gasteiger partial charge in [-0.15, -0.1) is 11.3 Å². The fourth-order valence-corrected chi connectivity index (χ4v) is 7.59. The highest BCUT2D eigenvalue weighted by atomic mass is 35.5. The Labute approximate surface area is 231 Å². The Morgan fingerprint density at radius 2 is 1.92 bits per heavy atom. The van der Waals surface area contributed by atoms with Gasteiger partial charge in [0, 0.05) is 18.7 Å². The van der Waals surface area contributed by atoms with E-state index in [0.29, 0.717) is 35.4 Å². The maximum atomic E-state index is 14.6. The molecule has 4 rings (SSSR count). The predicted molar refractivity (Wildman–Crippen MR) is 138 cm³/mol. The smallest absolute Gasteiger partial charge is 0.347 e. The molecule has 15 heteroatoms. The molecule has 2 heterocycles. The number of benzene rings is 1. The molecule has 0 spiro atoms. The van der Waals surface area contributed by atoms with Crippen LogP contribution >= 0.6 is 34.5 Å². The van der Waals surface area contributed by atoms with Crippen molar-refractivity contribution in [2.75, 3.05) is 26.7 Å². The second-order valence-electron chi connectivity index (χ2n) is 9.93. The van der Waals surface area contributed by atoms with Crippen LogP contribution in [0, 0.1) is 5.92 Å². The molecular weight excluding hydrogens is 591 g/mol. The first kappa shape index (κ1) is 29.5. The quantitative estimate of drug-likeness (QED) is 0.384. The number of rotatable bonds is 9. The molecule has 1 atom stereocenters. The number of halogens is 6. The highest BCUT2D eigenvalue weighted by Crippen LogP contribution is 2.43. The lowest BCUT2D eigenvalue weighted by Gasteiger charge is -2.42. The molecule has 2 aliphatic rings. The fraction of sp³-hybridized carbons (Fsp3) is 0.565. The number of nitrogens with zero attached hydrogens (tertiary/aromatic N) is 2. The number of alkyl halides is 4. The van der Waals surface area contributed by atoms with Crippen molar-refractivity contribution in [3.63, 3.8) is 0 Å². The minimum Gasteiger partial charge on any atom is -0.347 e. The number of aromatic nitrogens is 1. The zero-order valence-electron chi connectivity index (χ0n) is 20.5. The van der Waals surface area contributed by atoms with Crippen molar-refractivity contribution >= 4 is 50.5 Å². The van der Waals surface area contributed by atoms with Gasteiger partial charge in [-0.3, -0.25) is 9.69 Å². The van der Waals surface area contributed by atoms with Gasteiger partial charge in [-0.25, -0.2) is 17.8 Å². The molecule has 1 aromatic carbocycles. The van der Waals surface area contributed by atoms with Crippen LogP contribution in [0.4, 0.5) is 17.6 Å². The minimum atomic E-state index is -4.80. The van der Waals surface area contributed by atoms with Crippen LogP contribution < -0.4 is 10.0 Å².